The molecule has 0 bridgehead atoms. The average molecular weight is 304 g/mol. The molecule has 1 aliphatic rings. The van der Waals surface area contributed by atoms with Crippen molar-refractivity contribution in [2.24, 2.45) is 0 Å². The van der Waals surface area contributed by atoms with Gasteiger partial charge in [0.25, 0.3) is 0 Å². The third-order valence-corrected chi connectivity index (χ3v) is 4.28. The second-order valence-electron chi connectivity index (χ2n) is 4.98. The summed E-state index contributed by atoms with van der Waals surface area (Å²) in [6.45, 7) is 1.11. The van der Waals surface area contributed by atoms with Crippen LogP contribution in [0.5, 0.6) is 0 Å². The molecule has 4 nitrogen and oxygen atoms in total. The molecule has 19 heavy (non-hydrogen) atoms. The van der Waals surface area contributed by atoms with Gasteiger partial charge in [-0.15, -0.1) is 0 Å². The lowest BCUT2D eigenvalue weighted by Crippen LogP contribution is -2.49. The minimum Gasteiger partial charge on any atom is -0.374 e. The van der Waals surface area contributed by atoms with Crippen molar-refractivity contribution in [2.45, 2.75) is 18.6 Å². The lowest BCUT2D eigenvalue weighted by molar-refractivity contribution is 0.0174. The Morgan fingerprint density at radius 1 is 1.37 bits per heavy atom. The largest absolute Gasteiger partial charge is 0.374 e. The van der Waals surface area contributed by atoms with Gasteiger partial charge in [-0.3, -0.25) is 0 Å². The molecule has 0 spiro atoms. The van der Waals surface area contributed by atoms with Crippen LogP contribution in [-0.2, 0) is 21.0 Å². The highest BCUT2D eigenvalue weighted by Gasteiger charge is 2.23. The molecule has 0 radical (unpaired) electrons. The van der Waals surface area contributed by atoms with Gasteiger partial charge in [0.05, 0.1) is 18.5 Å². The van der Waals surface area contributed by atoms with E-state index in [0.717, 1.165) is 11.4 Å². The van der Waals surface area contributed by atoms with E-state index in [1.54, 1.807) is 0 Å². The molecule has 2 rings (SSSR count). The van der Waals surface area contributed by atoms with Gasteiger partial charge in [0.15, 0.2) is 0 Å². The molecule has 0 amide bonds. The minimum atomic E-state index is -2.98. The number of nitrogens with one attached hydrogen (secondary N) is 1. The third-order valence-electron chi connectivity index (χ3n) is 3.05. The van der Waals surface area contributed by atoms with Crippen LogP contribution >= 0.6 is 11.6 Å². The highest BCUT2D eigenvalue weighted by atomic mass is 35.5. The molecule has 0 saturated carbocycles. The van der Waals surface area contributed by atoms with Crippen molar-refractivity contribution in [1.29, 1.82) is 0 Å². The van der Waals surface area contributed by atoms with E-state index in [9.17, 15) is 8.42 Å². The van der Waals surface area contributed by atoms with Crippen LogP contribution in [0.15, 0.2) is 24.3 Å². The van der Waals surface area contributed by atoms with Crippen molar-refractivity contribution in [3.05, 3.63) is 34.9 Å². The second kappa shape index (κ2) is 6.22. The standard InChI is InChI=1S/C13H18ClNO3S/c1-19(16,17)9-13-7-15-12(8-18-13)6-10-2-4-11(14)5-3-10/h2-5,12-13,15H,6-9H2,1H3/t12-,13?/m0/s1. The molecule has 1 aromatic rings. The number of hydrogen-bond acceptors (Lipinski definition) is 4. The summed E-state index contributed by atoms with van der Waals surface area (Å²) in [7, 11) is -2.98. The molecule has 1 saturated heterocycles. The monoisotopic (exact) mass is 303 g/mol. The van der Waals surface area contributed by atoms with E-state index in [1.165, 1.54) is 11.8 Å². The van der Waals surface area contributed by atoms with E-state index in [2.05, 4.69) is 5.32 Å². The molecule has 2 atom stereocenters. The maximum Gasteiger partial charge on any atom is 0.150 e. The van der Waals surface area contributed by atoms with Crippen LogP contribution in [0.2, 0.25) is 5.02 Å². The van der Waals surface area contributed by atoms with Gasteiger partial charge in [-0.05, 0) is 24.1 Å². The maximum atomic E-state index is 11.2. The van der Waals surface area contributed by atoms with Gasteiger partial charge >= 0.3 is 0 Å². The van der Waals surface area contributed by atoms with Gasteiger partial charge in [-0.25, -0.2) is 8.42 Å². The van der Waals surface area contributed by atoms with Crippen molar-refractivity contribution in [3.63, 3.8) is 0 Å². The van der Waals surface area contributed by atoms with Gasteiger partial charge < -0.3 is 10.1 Å². The van der Waals surface area contributed by atoms with Crippen molar-refractivity contribution in [2.75, 3.05) is 25.2 Å². The summed E-state index contributed by atoms with van der Waals surface area (Å²) in [6.07, 6.45) is 1.84. The number of sulfone groups is 1. The van der Waals surface area contributed by atoms with E-state index in [0.29, 0.717) is 13.2 Å². The Bertz CT molecular complexity index is 507. The van der Waals surface area contributed by atoms with Gasteiger partial charge in [0.2, 0.25) is 0 Å². The van der Waals surface area contributed by atoms with E-state index >= 15 is 0 Å². The fourth-order valence-corrected chi connectivity index (χ4v) is 3.16. The molecular formula is C13H18ClNO3S. The summed E-state index contributed by atoms with van der Waals surface area (Å²) < 4.78 is 28.0. The number of ether oxygens (including phenoxy) is 1. The first-order chi connectivity index (χ1) is 8.92. The first kappa shape index (κ1) is 14.8. The van der Waals surface area contributed by atoms with Crippen molar-refractivity contribution in [3.8, 4) is 0 Å². The van der Waals surface area contributed by atoms with Gasteiger partial charge in [-0.1, -0.05) is 23.7 Å². The molecule has 0 aliphatic carbocycles. The number of morpholine rings is 1. The zero-order chi connectivity index (χ0) is 13.9. The van der Waals surface area contributed by atoms with Crippen molar-refractivity contribution in [1.82, 2.24) is 5.32 Å². The summed E-state index contributed by atoms with van der Waals surface area (Å²) in [5.74, 6) is 0.0770. The molecule has 1 aromatic carbocycles. The lowest BCUT2D eigenvalue weighted by atomic mass is 10.1. The highest BCUT2D eigenvalue weighted by Crippen LogP contribution is 2.13. The topological polar surface area (TPSA) is 55.4 Å². The molecule has 1 fully saturated rings. The maximum absolute atomic E-state index is 11.2. The van der Waals surface area contributed by atoms with Crippen LogP contribution in [-0.4, -0.2) is 45.7 Å². The Kier molecular flexibility index (Phi) is 4.84. The summed E-state index contributed by atoms with van der Waals surface area (Å²) in [4.78, 5) is 0. The van der Waals surface area contributed by atoms with Crippen LogP contribution in [0.3, 0.4) is 0 Å². The molecule has 6 heteroatoms. The Morgan fingerprint density at radius 2 is 2.05 bits per heavy atom. The molecule has 0 aromatic heterocycles. The fraction of sp³-hybridized carbons (Fsp3) is 0.538. The van der Waals surface area contributed by atoms with Crippen LogP contribution < -0.4 is 5.32 Å². The second-order valence-corrected chi connectivity index (χ2v) is 7.60. The highest BCUT2D eigenvalue weighted by molar-refractivity contribution is 7.90. The normalized spacial score (nSPS) is 24.3. The smallest absolute Gasteiger partial charge is 0.150 e. The quantitative estimate of drug-likeness (QED) is 0.910. The fourth-order valence-electron chi connectivity index (χ4n) is 2.15. The Labute approximate surface area is 119 Å². The Balaban J connectivity index is 1.82. The molecular weight excluding hydrogens is 286 g/mol. The molecule has 1 unspecified atom stereocenters. The molecule has 106 valence electrons. The average Bonchev–Trinajstić information content (AvgIpc) is 2.33. The molecule has 1 heterocycles. The zero-order valence-corrected chi connectivity index (χ0v) is 12.4. The summed E-state index contributed by atoms with van der Waals surface area (Å²) >= 11 is 5.84. The predicted molar refractivity (Wildman–Crippen MR) is 76.4 cm³/mol. The van der Waals surface area contributed by atoms with E-state index in [1.807, 2.05) is 24.3 Å². The van der Waals surface area contributed by atoms with Gasteiger partial charge in [0, 0.05) is 23.9 Å². The Morgan fingerprint density at radius 3 is 2.58 bits per heavy atom. The molecule has 1 N–H and O–H groups in total. The van der Waals surface area contributed by atoms with Crippen LogP contribution in [0, 0.1) is 0 Å². The van der Waals surface area contributed by atoms with Gasteiger partial charge in [-0.2, -0.15) is 0 Å². The first-order valence-electron chi connectivity index (χ1n) is 6.19. The lowest BCUT2D eigenvalue weighted by Gasteiger charge is -2.30. The van der Waals surface area contributed by atoms with Crippen LogP contribution in [0.25, 0.3) is 0 Å². The number of benzene rings is 1. The van der Waals surface area contributed by atoms with E-state index in [-0.39, 0.29) is 17.9 Å². The first-order valence-corrected chi connectivity index (χ1v) is 8.63. The van der Waals surface area contributed by atoms with E-state index < -0.39 is 9.84 Å². The Hall–Kier alpha value is -0.620. The summed E-state index contributed by atoms with van der Waals surface area (Å²) in [5.41, 5.74) is 1.19. The number of hydrogen-bond donors (Lipinski definition) is 1. The van der Waals surface area contributed by atoms with Crippen molar-refractivity contribution >= 4 is 21.4 Å². The third kappa shape index (κ3) is 5.10. The summed E-state index contributed by atoms with van der Waals surface area (Å²) in [5, 5.41) is 4.06. The van der Waals surface area contributed by atoms with E-state index in [4.69, 9.17) is 16.3 Å². The zero-order valence-electron chi connectivity index (χ0n) is 10.8. The SMILES string of the molecule is CS(=O)(=O)CC1CN[C@@H](Cc2ccc(Cl)cc2)CO1. The minimum absolute atomic E-state index is 0.0770. The molecule has 1 aliphatic heterocycles. The summed E-state index contributed by atoms with van der Waals surface area (Å²) in [6, 6.07) is 7.94. The number of halogens is 1. The van der Waals surface area contributed by atoms with Gasteiger partial charge in [0.1, 0.15) is 9.84 Å². The van der Waals surface area contributed by atoms with Crippen LogP contribution in [0.4, 0.5) is 0 Å². The van der Waals surface area contributed by atoms with Crippen molar-refractivity contribution < 1.29 is 13.2 Å². The van der Waals surface area contributed by atoms with Crippen LogP contribution in [0.1, 0.15) is 5.56 Å². The predicted octanol–water partition coefficient (Wildman–Crippen LogP) is 1.28. The number of rotatable bonds is 4.